The second-order valence-corrected chi connectivity index (χ2v) is 6.81. The Morgan fingerprint density at radius 3 is 2.90 bits per heavy atom. The molecule has 3 heterocycles. The zero-order chi connectivity index (χ0) is 21.5. The summed E-state index contributed by atoms with van der Waals surface area (Å²) in [4.78, 5) is 29.5. The highest BCUT2D eigenvalue weighted by Crippen LogP contribution is 2.27. The number of aromatic amines is 1. The van der Waals surface area contributed by atoms with Crippen molar-refractivity contribution in [3.8, 4) is 0 Å². The maximum Gasteiger partial charge on any atom is 0.351 e. The fourth-order valence-electron chi connectivity index (χ4n) is 3.17. The number of carbonyl (C=O) groups excluding carboxylic acids is 1. The number of para-hydroxylation sites is 1. The summed E-state index contributed by atoms with van der Waals surface area (Å²) in [6.45, 7) is 2.05. The molecular formula is C20H25N5O5. The van der Waals surface area contributed by atoms with E-state index in [4.69, 9.17) is 20.4 Å². The first-order valence-corrected chi connectivity index (χ1v) is 9.55. The van der Waals surface area contributed by atoms with E-state index in [2.05, 4.69) is 35.1 Å². The summed E-state index contributed by atoms with van der Waals surface area (Å²) in [6.07, 6.45) is 4.06. The van der Waals surface area contributed by atoms with Crippen molar-refractivity contribution in [1.82, 2.24) is 14.5 Å². The number of hydrogen-bond acceptors (Lipinski definition) is 8. The molecule has 0 amide bonds. The maximum atomic E-state index is 11.7. The average molecular weight is 415 g/mol. The van der Waals surface area contributed by atoms with Crippen LogP contribution in [0.2, 0.25) is 0 Å². The van der Waals surface area contributed by atoms with Crippen molar-refractivity contribution in [2.24, 2.45) is 5.73 Å². The molecule has 2 atom stereocenters. The van der Waals surface area contributed by atoms with E-state index in [0.717, 1.165) is 0 Å². The third kappa shape index (κ3) is 5.23. The van der Waals surface area contributed by atoms with E-state index < -0.39 is 17.9 Å². The van der Waals surface area contributed by atoms with E-state index >= 15 is 0 Å². The Hall–Kier alpha value is -3.21. The Bertz CT molecular complexity index is 1050. The second-order valence-electron chi connectivity index (χ2n) is 6.81. The Kier molecular flexibility index (Phi) is 7.17. The molecule has 2 unspecified atom stereocenters. The molecule has 1 saturated heterocycles. The lowest BCUT2D eigenvalue weighted by Crippen LogP contribution is -2.28. The second kappa shape index (κ2) is 10.0. The van der Waals surface area contributed by atoms with Gasteiger partial charge in [-0.1, -0.05) is 18.2 Å². The molecule has 0 bridgehead atoms. The van der Waals surface area contributed by atoms with Gasteiger partial charge in [0, 0.05) is 23.3 Å². The number of nitrogens with two attached hydrogens (primary N) is 1. The summed E-state index contributed by atoms with van der Waals surface area (Å²) >= 11 is 0. The first-order valence-electron chi connectivity index (χ1n) is 9.55. The molecule has 160 valence electrons. The van der Waals surface area contributed by atoms with Crippen LogP contribution in [0.5, 0.6) is 0 Å². The molecule has 4 rings (SSSR count). The van der Waals surface area contributed by atoms with E-state index in [9.17, 15) is 9.59 Å². The normalized spacial score (nSPS) is 18.0. The summed E-state index contributed by atoms with van der Waals surface area (Å²) in [6, 6.07) is 9.76. The molecule has 2 aromatic heterocycles. The van der Waals surface area contributed by atoms with Gasteiger partial charge in [-0.15, -0.1) is 0 Å². The van der Waals surface area contributed by atoms with Gasteiger partial charge in [0.05, 0.1) is 12.6 Å². The molecule has 0 saturated carbocycles. The van der Waals surface area contributed by atoms with Gasteiger partial charge in [0.25, 0.3) is 0 Å². The van der Waals surface area contributed by atoms with Crippen molar-refractivity contribution in [2.45, 2.75) is 32.1 Å². The van der Waals surface area contributed by atoms with Gasteiger partial charge in [-0.2, -0.15) is 4.98 Å². The lowest BCUT2D eigenvalue weighted by molar-refractivity contribution is -0.146. The first kappa shape index (κ1) is 21.5. The molecule has 1 fully saturated rings. The third-order valence-corrected chi connectivity index (χ3v) is 4.73. The van der Waals surface area contributed by atoms with Crippen LogP contribution in [-0.2, 0) is 14.3 Å². The van der Waals surface area contributed by atoms with Crippen LogP contribution in [0.1, 0.15) is 24.6 Å². The SMILES string of the molecule is Cc1c[nH]c2ccccc12.NCC(=O)OCC1CCC(n2ccc(NO)nc2=O)O1. The fourth-order valence-corrected chi connectivity index (χ4v) is 3.17. The van der Waals surface area contributed by atoms with Crippen molar-refractivity contribution in [1.29, 1.82) is 0 Å². The molecule has 0 spiro atoms. The van der Waals surface area contributed by atoms with Crippen LogP contribution in [0.15, 0.2) is 47.5 Å². The highest BCUT2D eigenvalue weighted by Gasteiger charge is 2.28. The van der Waals surface area contributed by atoms with Gasteiger partial charge < -0.3 is 20.2 Å². The largest absolute Gasteiger partial charge is 0.462 e. The predicted octanol–water partition coefficient (Wildman–Crippen LogP) is 1.70. The number of rotatable bonds is 5. The summed E-state index contributed by atoms with van der Waals surface area (Å²) in [5.41, 5.74) is 8.93. The molecular weight excluding hydrogens is 390 g/mol. The van der Waals surface area contributed by atoms with Crippen LogP contribution in [0.25, 0.3) is 10.9 Å². The van der Waals surface area contributed by atoms with Gasteiger partial charge in [-0.05, 0) is 37.5 Å². The standard InChI is InChI=1S/C11H16N4O5.C9H9N/c12-5-10(16)19-6-7-1-2-9(20-7)15-4-3-8(14-18)13-11(15)17;1-7-6-10-9-5-3-2-4-8(7)9/h3-4,7,9,18H,1-2,5-6,12H2,(H,13,14,17);2-6,10H,1H3. The van der Waals surface area contributed by atoms with Crippen LogP contribution in [0, 0.1) is 6.92 Å². The van der Waals surface area contributed by atoms with Gasteiger partial charge >= 0.3 is 11.7 Å². The van der Waals surface area contributed by atoms with Crippen molar-refractivity contribution in [3.63, 3.8) is 0 Å². The molecule has 5 N–H and O–H groups in total. The van der Waals surface area contributed by atoms with E-state index in [0.29, 0.717) is 12.8 Å². The molecule has 0 aliphatic carbocycles. The van der Waals surface area contributed by atoms with Crippen LogP contribution < -0.4 is 16.9 Å². The van der Waals surface area contributed by atoms with Crippen LogP contribution in [-0.4, -0.2) is 45.0 Å². The predicted molar refractivity (Wildman–Crippen MR) is 110 cm³/mol. The summed E-state index contributed by atoms with van der Waals surface area (Å²) in [5, 5.41) is 9.98. The monoisotopic (exact) mass is 415 g/mol. The van der Waals surface area contributed by atoms with Crippen LogP contribution >= 0.6 is 0 Å². The fraction of sp³-hybridized carbons (Fsp3) is 0.350. The van der Waals surface area contributed by atoms with E-state index in [-0.39, 0.29) is 25.1 Å². The minimum Gasteiger partial charge on any atom is -0.462 e. The zero-order valence-electron chi connectivity index (χ0n) is 16.6. The van der Waals surface area contributed by atoms with Crippen molar-refractivity contribution in [3.05, 3.63) is 58.8 Å². The van der Waals surface area contributed by atoms with Crippen LogP contribution in [0.3, 0.4) is 0 Å². The number of H-pyrrole nitrogens is 1. The van der Waals surface area contributed by atoms with Crippen LogP contribution in [0.4, 0.5) is 5.82 Å². The molecule has 1 aromatic carbocycles. The first-order chi connectivity index (χ1) is 14.5. The number of nitrogens with zero attached hydrogens (tertiary/aromatic N) is 2. The van der Waals surface area contributed by atoms with E-state index in [1.165, 1.54) is 33.3 Å². The lowest BCUT2D eigenvalue weighted by Gasteiger charge is -2.15. The Balaban J connectivity index is 0.000000212. The Morgan fingerprint density at radius 2 is 2.20 bits per heavy atom. The third-order valence-electron chi connectivity index (χ3n) is 4.73. The summed E-state index contributed by atoms with van der Waals surface area (Å²) < 4.78 is 11.8. The number of esters is 1. The van der Waals surface area contributed by atoms with Crippen molar-refractivity contribution in [2.75, 3.05) is 18.6 Å². The lowest BCUT2D eigenvalue weighted by atomic mass is 10.2. The minimum absolute atomic E-state index is 0.0673. The molecule has 30 heavy (non-hydrogen) atoms. The number of fused-ring (bicyclic) bond motifs is 1. The summed E-state index contributed by atoms with van der Waals surface area (Å²) in [7, 11) is 0. The van der Waals surface area contributed by atoms with Crippen molar-refractivity contribution < 1.29 is 19.5 Å². The summed E-state index contributed by atoms with van der Waals surface area (Å²) in [5.74, 6) is -0.424. The smallest absolute Gasteiger partial charge is 0.351 e. The van der Waals surface area contributed by atoms with Gasteiger partial charge in [0.1, 0.15) is 12.8 Å². The molecule has 0 radical (unpaired) electrons. The Morgan fingerprint density at radius 1 is 1.40 bits per heavy atom. The number of carbonyl (C=O) groups is 1. The van der Waals surface area contributed by atoms with Crippen molar-refractivity contribution >= 4 is 22.7 Å². The number of ether oxygens (including phenoxy) is 2. The zero-order valence-corrected chi connectivity index (χ0v) is 16.6. The van der Waals surface area contributed by atoms with Gasteiger partial charge in [-0.3, -0.25) is 20.0 Å². The van der Waals surface area contributed by atoms with Gasteiger partial charge in [0.15, 0.2) is 5.82 Å². The van der Waals surface area contributed by atoms with Gasteiger partial charge in [0.2, 0.25) is 0 Å². The topological polar surface area (TPSA) is 144 Å². The number of benzene rings is 1. The number of aryl methyl sites for hydroxylation is 1. The molecule has 3 aromatic rings. The molecule has 1 aliphatic rings. The van der Waals surface area contributed by atoms with E-state index in [1.54, 1.807) is 5.48 Å². The maximum absolute atomic E-state index is 11.7. The number of hydrogen-bond donors (Lipinski definition) is 4. The highest BCUT2D eigenvalue weighted by molar-refractivity contribution is 5.82. The number of nitrogens with one attached hydrogen (secondary N) is 2. The molecule has 10 heteroatoms. The quantitative estimate of drug-likeness (QED) is 0.364. The van der Waals surface area contributed by atoms with E-state index in [1.807, 2.05) is 12.3 Å². The highest BCUT2D eigenvalue weighted by atomic mass is 16.6. The number of aromatic nitrogens is 3. The average Bonchev–Trinajstić information content (AvgIpc) is 3.39. The number of anilines is 1. The minimum atomic E-state index is -0.534. The molecule has 10 nitrogen and oxygen atoms in total. The van der Waals surface area contributed by atoms with Gasteiger partial charge in [-0.25, -0.2) is 4.79 Å². The Labute approximate surface area is 172 Å². The molecule has 1 aliphatic heterocycles.